The number of likely N-dealkylation sites (N-methyl/N-ethyl adjacent to an activating group) is 1. The number of rotatable bonds is 4. The van der Waals surface area contributed by atoms with Crippen molar-refractivity contribution in [2.45, 2.75) is 38.3 Å². The van der Waals surface area contributed by atoms with E-state index in [1.54, 1.807) is 0 Å². The van der Waals surface area contributed by atoms with Crippen molar-refractivity contribution in [1.82, 2.24) is 10.6 Å². The summed E-state index contributed by atoms with van der Waals surface area (Å²) < 4.78 is 0. The van der Waals surface area contributed by atoms with Crippen molar-refractivity contribution in [2.24, 2.45) is 0 Å². The smallest absolute Gasteiger partial charge is 0.138 e. The van der Waals surface area contributed by atoms with Crippen molar-refractivity contribution < 1.29 is 4.79 Å². The summed E-state index contributed by atoms with van der Waals surface area (Å²) in [6.45, 7) is 3.95. The van der Waals surface area contributed by atoms with Gasteiger partial charge in [0.2, 0.25) is 0 Å². The third-order valence-electron chi connectivity index (χ3n) is 2.37. The molecule has 0 aromatic carbocycles. The predicted octanol–water partition coefficient (Wildman–Crippen LogP) is 0.305. The quantitative estimate of drug-likeness (QED) is 0.596. The average Bonchev–Trinajstić information content (AvgIpc) is 2.15. The number of aldehydes is 1. The second-order valence-electron chi connectivity index (χ2n) is 3.28. The van der Waals surface area contributed by atoms with Gasteiger partial charge in [-0.05, 0) is 25.9 Å². The Balaban J connectivity index is 2.34. The zero-order chi connectivity index (χ0) is 8.81. The molecule has 1 aliphatic heterocycles. The molecule has 1 fully saturated rings. The number of nitrogens with one attached hydrogen (secondary N) is 2. The molecular formula is C9H18N2O. The number of hydrogen-bond donors (Lipinski definition) is 2. The topological polar surface area (TPSA) is 41.1 Å². The van der Waals surface area contributed by atoms with Crippen molar-refractivity contribution in [3.05, 3.63) is 0 Å². The summed E-state index contributed by atoms with van der Waals surface area (Å²) >= 11 is 0. The van der Waals surface area contributed by atoms with Crippen molar-refractivity contribution in [2.75, 3.05) is 13.1 Å². The van der Waals surface area contributed by atoms with Gasteiger partial charge >= 0.3 is 0 Å². The zero-order valence-corrected chi connectivity index (χ0v) is 7.68. The Morgan fingerprint density at radius 3 is 3.00 bits per heavy atom. The number of carbonyl (C=O) groups excluding carboxylic acids is 1. The molecule has 2 unspecified atom stereocenters. The maximum absolute atomic E-state index is 10.7. The van der Waals surface area contributed by atoms with Crippen LogP contribution in [-0.4, -0.2) is 31.5 Å². The van der Waals surface area contributed by atoms with Gasteiger partial charge in [-0.15, -0.1) is 0 Å². The van der Waals surface area contributed by atoms with Crippen molar-refractivity contribution >= 4 is 6.29 Å². The van der Waals surface area contributed by atoms with E-state index in [0.717, 1.165) is 25.8 Å². The number of hydrogen-bond acceptors (Lipinski definition) is 3. The standard InChI is InChI=1S/C9H18N2O/c1-2-10-9(7-12)8-5-3-4-6-11-8/h7-11H,2-6H2,1H3. The summed E-state index contributed by atoms with van der Waals surface area (Å²) in [7, 11) is 0. The van der Waals surface area contributed by atoms with Crippen molar-refractivity contribution in [3.63, 3.8) is 0 Å². The van der Waals surface area contributed by atoms with Crippen LogP contribution < -0.4 is 10.6 Å². The molecule has 0 amide bonds. The first-order chi connectivity index (χ1) is 5.88. The first-order valence-corrected chi connectivity index (χ1v) is 4.80. The van der Waals surface area contributed by atoms with Gasteiger partial charge in [-0.1, -0.05) is 13.3 Å². The highest BCUT2D eigenvalue weighted by molar-refractivity contribution is 5.59. The van der Waals surface area contributed by atoms with Gasteiger partial charge in [0.1, 0.15) is 6.29 Å². The molecule has 1 rings (SSSR count). The minimum absolute atomic E-state index is 0.00954. The van der Waals surface area contributed by atoms with Gasteiger partial charge in [0.15, 0.2) is 0 Å². The Morgan fingerprint density at radius 1 is 1.67 bits per heavy atom. The highest BCUT2D eigenvalue weighted by atomic mass is 16.1. The average molecular weight is 170 g/mol. The van der Waals surface area contributed by atoms with Crippen LogP contribution in [-0.2, 0) is 4.79 Å². The Labute approximate surface area is 73.9 Å². The van der Waals surface area contributed by atoms with Gasteiger partial charge in [-0.3, -0.25) is 0 Å². The fourth-order valence-electron chi connectivity index (χ4n) is 1.71. The molecule has 1 heterocycles. The summed E-state index contributed by atoms with van der Waals surface area (Å²) in [6, 6.07) is 0.367. The molecule has 12 heavy (non-hydrogen) atoms. The van der Waals surface area contributed by atoms with E-state index in [1.807, 2.05) is 6.92 Å². The third-order valence-corrected chi connectivity index (χ3v) is 2.37. The normalized spacial score (nSPS) is 26.6. The predicted molar refractivity (Wildman–Crippen MR) is 49.2 cm³/mol. The molecule has 0 aliphatic carbocycles. The van der Waals surface area contributed by atoms with Crippen molar-refractivity contribution in [1.29, 1.82) is 0 Å². The van der Waals surface area contributed by atoms with Crippen LogP contribution in [0.25, 0.3) is 0 Å². The lowest BCUT2D eigenvalue weighted by molar-refractivity contribution is -0.110. The number of piperidine rings is 1. The van der Waals surface area contributed by atoms with E-state index in [0.29, 0.717) is 6.04 Å². The molecule has 70 valence electrons. The minimum Gasteiger partial charge on any atom is -0.312 e. The monoisotopic (exact) mass is 170 g/mol. The van der Waals surface area contributed by atoms with Gasteiger partial charge in [0, 0.05) is 6.04 Å². The van der Waals surface area contributed by atoms with Gasteiger partial charge in [0.25, 0.3) is 0 Å². The van der Waals surface area contributed by atoms with Crippen LogP contribution >= 0.6 is 0 Å². The van der Waals surface area contributed by atoms with E-state index < -0.39 is 0 Å². The molecule has 0 saturated carbocycles. The van der Waals surface area contributed by atoms with Crippen LogP contribution in [0.2, 0.25) is 0 Å². The van der Waals surface area contributed by atoms with Crippen LogP contribution in [0.5, 0.6) is 0 Å². The summed E-state index contributed by atoms with van der Waals surface area (Å²) in [5, 5.41) is 6.53. The third kappa shape index (κ3) is 2.57. The highest BCUT2D eigenvalue weighted by Gasteiger charge is 2.21. The Kier molecular flexibility index (Phi) is 4.25. The molecule has 2 atom stereocenters. The fraction of sp³-hybridized carbons (Fsp3) is 0.889. The first-order valence-electron chi connectivity index (χ1n) is 4.80. The van der Waals surface area contributed by atoms with Gasteiger partial charge < -0.3 is 15.4 Å². The van der Waals surface area contributed by atoms with Crippen LogP contribution in [0.4, 0.5) is 0 Å². The van der Waals surface area contributed by atoms with E-state index in [4.69, 9.17) is 0 Å². The van der Waals surface area contributed by atoms with Gasteiger partial charge in [-0.25, -0.2) is 0 Å². The Bertz CT molecular complexity index is 132. The molecule has 2 N–H and O–H groups in total. The van der Waals surface area contributed by atoms with E-state index in [1.165, 1.54) is 12.8 Å². The van der Waals surface area contributed by atoms with Crippen LogP contribution in [0.15, 0.2) is 0 Å². The van der Waals surface area contributed by atoms with E-state index in [9.17, 15) is 4.79 Å². The summed E-state index contributed by atoms with van der Waals surface area (Å²) in [4.78, 5) is 10.7. The van der Waals surface area contributed by atoms with Crippen LogP contribution in [0.1, 0.15) is 26.2 Å². The van der Waals surface area contributed by atoms with E-state index >= 15 is 0 Å². The fourth-order valence-corrected chi connectivity index (χ4v) is 1.71. The second-order valence-corrected chi connectivity index (χ2v) is 3.28. The molecule has 3 nitrogen and oxygen atoms in total. The summed E-state index contributed by atoms with van der Waals surface area (Å²) in [5.41, 5.74) is 0. The first kappa shape index (κ1) is 9.68. The molecule has 0 bridgehead atoms. The molecule has 1 aliphatic rings. The Morgan fingerprint density at radius 2 is 2.50 bits per heavy atom. The zero-order valence-electron chi connectivity index (χ0n) is 7.68. The van der Waals surface area contributed by atoms with Crippen LogP contribution in [0, 0.1) is 0 Å². The maximum atomic E-state index is 10.7. The van der Waals surface area contributed by atoms with Crippen molar-refractivity contribution in [3.8, 4) is 0 Å². The summed E-state index contributed by atoms with van der Waals surface area (Å²) in [6.07, 6.45) is 4.63. The summed E-state index contributed by atoms with van der Waals surface area (Å²) in [5.74, 6) is 0. The molecular weight excluding hydrogens is 152 g/mol. The molecule has 3 heteroatoms. The largest absolute Gasteiger partial charge is 0.312 e. The molecule has 0 aromatic rings. The second kappa shape index (κ2) is 5.27. The number of carbonyl (C=O) groups is 1. The molecule has 0 radical (unpaired) electrons. The minimum atomic E-state index is 0.00954. The van der Waals surface area contributed by atoms with E-state index in [-0.39, 0.29) is 6.04 Å². The van der Waals surface area contributed by atoms with Crippen LogP contribution in [0.3, 0.4) is 0 Å². The molecule has 1 saturated heterocycles. The lowest BCUT2D eigenvalue weighted by atomic mass is 9.99. The molecule has 0 spiro atoms. The Hall–Kier alpha value is -0.410. The van der Waals surface area contributed by atoms with Gasteiger partial charge in [0.05, 0.1) is 6.04 Å². The van der Waals surface area contributed by atoms with Gasteiger partial charge in [-0.2, -0.15) is 0 Å². The lowest BCUT2D eigenvalue weighted by Gasteiger charge is -2.28. The lowest BCUT2D eigenvalue weighted by Crippen LogP contribution is -2.50. The maximum Gasteiger partial charge on any atom is 0.138 e. The molecule has 0 aromatic heterocycles. The van der Waals surface area contributed by atoms with E-state index in [2.05, 4.69) is 10.6 Å². The SMILES string of the molecule is CCNC(C=O)C1CCCCN1. The highest BCUT2D eigenvalue weighted by Crippen LogP contribution is 2.09.